The van der Waals surface area contributed by atoms with Crippen molar-refractivity contribution in [3.8, 4) is 0 Å². The van der Waals surface area contributed by atoms with Gasteiger partial charge in [0.15, 0.2) is 0 Å². The van der Waals surface area contributed by atoms with Crippen molar-refractivity contribution in [3.63, 3.8) is 0 Å². The van der Waals surface area contributed by atoms with Crippen LogP contribution >= 0.6 is 11.6 Å². The quantitative estimate of drug-likeness (QED) is 0.830. The van der Waals surface area contributed by atoms with Crippen LogP contribution in [0.5, 0.6) is 0 Å². The number of para-hydroxylation sites is 1. The SMILES string of the molecule is CC(C)N1CCC(NC(=O)C2Cc3ccccc3N2c2ccc(Cl)cc2)CC1. The number of halogens is 1. The number of anilines is 2. The standard InChI is InChI=1S/C23H28ClN3O/c1-16(2)26-13-11-19(12-14-26)25-23(28)22-15-17-5-3-4-6-21(17)27(22)20-9-7-18(24)8-10-20/h3-10,16,19,22H,11-15H2,1-2H3,(H,25,28). The highest BCUT2D eigenvalue weighted by Gasteiger charge is 2.36. The summed E-state index contributed by atoms with van der Waals surface area (Å²) in [6, 6.07) is 16.7. The fraction of sp³-hybridized carbons (Fsp3) is 0.435. The van der Waals surface area contributed by atoms with Crippen LogP contribution in [0.25, 0.3) is 0 Å². The molecule has 1 amide bonds. The van der Waals surface area contributed by atoms with Gasteiger partial charge >= 0.3 is 0 Å². The van der Waals surface area contributed by atoms with E-state index in [1.54, 1.807) is 0 Å². The summed E-state index contributed by atoms with van der Waals surface area (Å²) in [6.07, 6.45) is 2.77. The van der Waals surface area contributed by atoms with E-state index in [9.17, 15) is 4.79 Å². The predicted octanol–water partition coefficient (Wildman–Crippen LogP) is 4.39. The first-order chi connectivity index (χ1) is 13.5. The lowest BCUT2D eigenvalue weighted by Crippen LogP contribution is -2.51. The Labute approximate surface area is 172 Å². The Morgan fingerprint density at radius 3 is 2.43 bits per heavy atom. The molecule has 28 heavy (non-hydrogen) atoms. The summed E-state index contributed by atoms with van der Waals surface area (Å²) in [5.74, 6) is 0.120. The number of amides is 1. The van der Waals surface area contributed by atoms with E-state index in [0.29, 0.717) is 11.1 Å². The van der Waals surface area contributed by atoms with Gasteiger partial charge in [0.25, 0.3) is 0 Å². The van der Waals surface area contributed by atoms with Crippen molar-refractivity contribution >= 4 is 28.9 Å². The number of hydrogen-bond donors (Lipinski definition) is 1. The second kappa shape index (κ2) is 8.14. The minimum absolute atomic E-state index is 0.120. The highest BCUT2D eigenvalue weighted by molar-refractivity contribution is 6.30. The molecule has 2 aromatic rings. The smallest absolute Gasteiger partial charge is 0.243 e. The Morgan fingerprint density at radius 1 is 1.07 bits per heavy atom. The first kappa shape index (κ1) is 19.3. The van der Waals surface area contributed by atoms with Gasteiger partial charge in [0.2, 0.25) is 5.91 Å². The number of nitrogens with zero attached hydrogens (tertiary/aromatic N) is 2. The highest BCUT2D eigenvalue weighted by atomic mass is 35.5. The van der Waals surface area contributed by atoms with E-state index in [2.05, 4.69) is 41.1 Å². The second-order valence-corrected chi connectivity index (χ2v) is 8.54. The van der Waals surface area contributed by atoms with E-state index in [1.165, 1.54) is 5.56 Å². The van der Waals surface area contributed by atoms with Crippen LogP contribution in [-0.4, -0.2) is 42.0 Å². The maximum Gasteiger partial charge on any atom is 0.243 e. The molecule has 0 aliphatic carbocycles. The Balaban J connectivity index is 1.51. The molecule has 0 radical (unpaired) electrons. The van der Waals surface area contributed by atoms with Gasteiger partial charge in [-0.1, -0.05) is 29.8 Å². The minimum Gasteiger partial charge on any atom is -0.351 e. The Hall–Kier alpha value is -2.04. The van der Waals surface area contributed by atoms with Crippen molar-refractivity contribution in [3.05, 3.63) is 59.1 Å². The molecule has 0 aromatic heterocycles. The molecule has 2 aromatic carbocycles. The summed E-state index contributed by atoms with van der Waals surface area (Å²) in [7, 11) is 0. The molecule has 1 fully saturated rings. The van der Waals surface area contributed by atoms with Gasteiger partial charge in [-0.2, -0.15) is 0 Å². The fourth-order valence-electron chi connectivity index (χ4n) is 4.37. The van der Waals surface area contributed by atoms with Crippen LogP contribution in [0.4, 0.5) is 11.4 Å². The van der Waals surface area contributed by atoms with Crippen LogP contribution in [0.3, 0.4) is 0 Å². The minimum atomic E-state index is -0.221. The average Bonchev–Trinajstić information content (AvgIpc) is 3.09. The molecule has 1 atom stereocenters. The Bertz CT molecular complexity index is 828. The van der Waals surface area contributed by atoms with Crippen LogP contribution in [0.2, 0.25) is 5.02 Å². The molecule has 2 aliphatic rings. The molecular weight excluding hydrogens is 370 g/mol. The van der Waals surface area contributed by atoms with Crippen molar-refractivity contribution in [1.82, 2.24) is 10.2 Å². The zero-order valence-corrected chi connectivity index (χ0v) is 17.3. The van der Waals surface area contributed by atoms with Crippen molar-refractivity contribution < 1.29 is 4.79 Å². The maximum absolute atomic E-state index is 13.3. The number of piperidine rings is 1. The van der Waals surface area contributed by atoms with E-state index in [1.807, 2.05) is 36.4 Å². The van der Waals surface area contributed by atoms with E-state index < -0.39 is 0 Å². The van der Waals surface area contributed by atoms with Crippen LogP contribution < -0.4 is 10.2 Å². The molecule has 0 spiro atoms. The van der Waals surface area contributed by atoms with Crippen LogP contribution in [0, 0.1) is 0 Å². The average molecular weight is 398 g/mol. The lowest BCUT2D eigenvalue weighted by molar-refractivity contribution is -0.123. The molecular formula is C23H28ClN3O. The van der Waals surface area contributed by atoms with E-state index in [4.69, 9.17) is 11.6 Å². The molecule has 5 heteroatoms. The zero-order valence-electron chi connectivity index (χ0n) is 16.6. The van der Waals surface area contributed by atoms with Crippen molar-refractivity contribution in [2.75, 3.05) is 18.0 Å². The van der Waals surface area contributed by atoms with Crippen LogP contribution in [0.15, 0.2) is 48.5 Å². The summed E-state index contributed by atoms with van der Waals surface area (Å²) in [5.41, 5.74) is 3.33. The van der Waals surface area contributed by atoms with Crippen LogP contribution in [-0.2, 0) is 11.2 Å². The predicted molar refractivity (Wildman–Crippen MR) is 115 cm³/mol. The summed E-state index contributed by atoms with van der Waals surface area (Å²) >= 11 is 6.08. The van der Waals surface area contributed by atoms with Gasteiger partial charge in [0.1, 0.15) is 6.04 Å². The highest BCUT2D eigenvalue weighted by Crippen LogP contribution is 2.38. The number of fused-ring (bicyclic) bond motifs is 1. The molecule has 4 nitrogen and oxygen atoms in total. The Morgan fingerprint density at radius 2 is 1.75 bits per heavy atom. The number of benzene rings is 2. The molecule has 4 rings (SSSR count). The van der Waals surface area contributed by atoms with Crippen molar-refractivity contribution in [1.29, 1.82) is 0 Å². The summed E-state index contributed by atoms with van der Waals surface area (Å²) in [4.78, 5) is 17.9. The lowest BCUT2D eigenvalue weighted by Gasteiger charge is -2.36. The molecule has 2 heterocycles. The summed E-state index contributed by atoms with van der Waals surface area (Å²) in [6.45, 7) is 6.57. The van der Waals surface area contributed by atoms with Gasteiger partial charge in [-0.25, -0.2) is 0 Å². The summed E-state index contributed by atoms with van der Waals surface area (Å²) in [5, 5.41) is 4.04. The number of carbonyl (C=O) groups excluding carboxylic acids is 1. The van der Waals surface area contributed by atoms with E-state index >= 15 is 0 Å². The molecule has 148 valence electrons. The summed E-state index contributed by atoms with van der Waals surface area (Å²) < 4.78 is 0. The molecule has 0 bridgehead atoms. The molecule has 1 N–H and O–H groups in total. The monoisotopic (exact) mass is 397 g/mol. The number of likely N-dealkylation sites (tertiary alicyclic amines) is 1. The van der Waals surface area contributed by atoms with Crippen molar-refractivity contribution in [2.24, 2.45) is 0 Å². The van der Waals surface area contributed by atoms with Gasteiger partial charge in [0.05, 0.1) is 0 Å². The van der Waals surface area contributed by atoms with E-state index in [-0.39, 0.29) is 18.0 Å². The number of rotatable bonds is 4. The normalized spacial score (nSPS) is 20.4. The van der Waals surface area contributed by atoms with Gasteiger partial charge in [-0.3, -0.25) is 4.79 Å². The molecule has 1 unspecified atom stereocenters. The maximum atomic E-state index is 13.3. The Kier molecular flexibility index (Phi) is 5.61. The fourth-order valence-corrected chi connectivity index (χ4v) is 4.50. The number of nitrogens with one attached hydrogen (secondary N) is 1. The van der Waals surface area contributed by atoms with Gasteiger partial charge in [-0.15, -0.1) is 0 Å². The topological polar surface area (TPSA) is 35.6 Å². The van der Waals surface area contributed by atoms with Gasteiger partial charge in [-0.05, 0) is 62.6 Å². The third-order valence-electron chi connectivity index (χ3n) is 5.99. The number of carbonyl (C=O) groups is 1. The molecule has 1 saturated heterocycles. The first-order valence-electron chi connectivity index (χ1n) is 10.2. The van der Waals surface area contributed by atoms with E-state index in [0.717, 1.165) is 43.7 Å². The molecule has 0 saturated carbocycles. The van der Waals surface area contributed by atoms with Gasteiger partial charge in [0, 0.05) is 48.0 Å². The number of hydrogen-bond acceptors (Lipinski definition) is 3. The lowest BCUT2D eigenvalue weighted by atomic mass is 10.0. The first-order valence-corrected chi connectivity index (χ1v) is 10.6. The van der Waals surface area contributed by atoms with Crippen LogP contribution in [0.1, 0.15) is 32.3 Å². The third-order valence-corrected chi connectivity index (χ3v) is 6.24. The largest absolute Gasteiger partial charge is 0.351 e. The third kappa shape index (κ3) is 3.89. The second-order valence-electron chi connectivity index (χ2n) is 8.11. The van der Waals surface area contributed by atoms with Crippen molar-refractivity contribution in [2.45, 2.75) is 51.2 Å². The zero-order chi connectivity index (χ0) is 19.7. The molecule has 2 aliphatic heterocycles. The van der Waals surface area contributed by atoms with Gasteiger partial charge < -0.3 is 15.1 Å².